The van der Waals surface area contributed by atoms with Crippen LogP contribution in [0.5, 0.6) is 0 Å². The third-order valence-electron chi connectivity index (χ3n) is 4.53. The summed E-state index contributed by atoms with van der Waals surface area (Å²) in [6.07, 6.45) is 5.22. The van der Waals surface area contributed by atoms with Crippen molar-refractivity contribution in [3.05, 3.63) is 60.2 Å². The molecule has 1 saturated carbocycles. The van der Waals surface area contributed by atoms with Crippen LogP contribution in [0.4, 0.5) is 10.1 Å². The summed E-state index contributed by atoms with van der Waals surface area (Å²) in [6, 6.07) is 9.34. The molecule has 2 amide bonds. The molecule has 0 radical (unpaired) electrons. The average molecular weight is 341 g/mol. The highest BCUT2D eigenvalue weighted by Gasteiger charge is 2.57. The number of nitrogens with zero attached hydrogens (tertiary/aromatic N) is 2. The third kappa shape index (κ3) is 3.84. The molecular weight excluding hydrogens is 321 g/mol. The lowest BCUT2D eigenvalue weighted by Gasteiger charge is -2.23. The van der Waals surface area contributed by atoms with Gasteiger partial charge in [0.15, 0.2) is 0 Å². The van der Waals surface area contributed by atoms with E-state index in [1.54, 1.807) is 24.3 Å². The van der Waals surface area contributed by atoms with E-state index < -0.39 is 5.41 Å². The van der Waals surface area contributed by atoms with E-state index in [2.05, 4.69) is 10.3 Å². The molecule has 1 aromatic carbocycles. The molecule has 1 aliphatic carbocycles. The zero-order valence-corrected chi connectivity index (χ0v) is 14.0. The van der Waals surface area contributed by atoms with E-state index in [1.807, 2.05) is 12.1 Å². The van der Waals surface area contributed by atoms with E-state index >= 15 is 0 Å². The fourth-order valence-corrected chi connectivity index (χ4v) is 2.76. The van der Waals surface area contributed by atoms with Gasteiger partial charge in [-0.25, -0.2) is 4.39 Å². The van der Waals surface area contributed by atoms with E-state index in [4.69, 9.17) is 0 Å². The molecule has 0 unspecified atom stereocenters. The number of likely N-dealkylation sites (N-methyl/N-ethyl adjacent to an activating group) is 1. The van der Waals surface area contributed by atoms with Gasteiger partial charge in [-0.05, 0) is 61.2 Å². The summed E-state index contributed by atoms with van der Waals surface area (Å²) in [6.45, 7) is 0.536. The Bertz CT molecular complexity index is 758. The lowest BCUT2D eigenvalue weighted by atomic mass is 10.0. The fraction of sp³-hybridized carbons (Fsp3) is 0.316. The SMILES string of the molecule is CN(CCc1ccncc1)C(=O)C1(C(=O)Nc2ccc(F)cc2)CC1. The maximum atomic E-state index is 13.0. The Hall–Kier alpha value is -2.76. The number of halogens is 1. The van der Waals surface area contributed by atoms with Gasteiger partial charge in [-0.2, -0.15) is 0 Å². The van der Waals surface area contributed by atoms with Gasteiger partial charge in [-0.3, -0.25) is 14.6 Å². The Morgan fingerprint density at radius 3 is 2.40 bits per heavy atom. The predicted octanol–water partition coefficient (Wildman–Crippen LogP) is 2.64. The number of hydrogen-bond acceptors (Lipinski definition) is 3. The molecule has 0 spiro atoms. The van der Waals surface area contributed by atoms with Crippen molar-refractivity contribution in [3.63, 3.8) is 0 Å². The summed E-state index contributed by atoms with van der Waals surface area (Å²) < 4.78 is 13.0. The first-order chi connectivity index (χ1) is 12.0. The zero-order chi connectivity index (χ0) is 17.9. The highest BCUT2D eigenvalue weighted by atomic mass is 19.1. The lowest BCUT2D eigenvalue weighted by molar-refractivity contribution is -0.141. The number of carbonyl (C=O) groups excluding carboxylic acids is 2. The van der Waals surface area contributed by atoms with E-state index in [1.165, 1.54) is 24.3 Å². The van der Waals surface area contributed by atoms with E-state index in [9.17, 15) is 14.0 Å². The minimum absolute atomic E-state index is 0.166. The molecule has 3 rings (SSSR count). The van der Waals surface area contributed by atoms with Crippen molar-refractivity contribution in [2.45, 2.75) is 19.3 Å². The summed E-state index contributed by atoms with van der Waals surface area (Å²) in [7, 11) is 1.72. The van der Waals surface area contributed by atoms with Crippen molar-refractivity contribution in [1.82, 2.24) is 9.88 Å². The Kier molecular flexibility index (Phi) is 4.79. The molecular formula is C19H20FN3O2. The number of aromatic nitrogens is 1. The van der Waals surface area contributed by atoms with Gasteiger partial charge >= 0.3 is 0 Å². The van der Waals surface area contributed by atoms with Crippen LogP contribution < -0.4 is 5.32 Å². The Labute approximate surface area is 145 Å². The standard InChI is InChI=1S/C19H20FN3O2/c1-23(13-8-14-6-11-21-12-7-14)18(25)19(9-10-19)17(24)22-16-4-2-15(20)3-5-16/h2-7,11-12H,8-10,13H2,1H3,(H,22,24). The Balaban J connectivity index is 1.60. The molecule has 1 aromatic heterocycles. The van der Waals surface area contributed by atoms with Crippen LogP contribution in [0.3, 0.4) is 0 Å². The summed E-state index contributed by atoms with van der Waals surface area (Å²) >= 11 is 0. The summed E-state index contributed by atoms with van der Waals surface area (Å²) in [5, 5.41) is 2.72. The molecule has 5 nitrogen and oxygen atoms in total. The molecule has 25 heavy (non-hydrogen) atoms. The monoisotopic (exact) mass is 341 g/mol. The van der Waals surface area contributed by atoms with Gasteiger partial charge in [-0.15, -0.1) is 0 Å². The van der Waals surface area contributed by atoms with Gasteiger partial charge in [0.25, 0.3) is 0 Å². The first-order valence-corrected chi connectivity index (χ1v) is 8.23. The van der Waals surface area contributed by atoms with Crippen LogP contribution in [0.2, 0.25) is 0 Å². The van der Waals surface area contributed by atoms with Crippen molar-refractivity contribution in [2.75, 3.05) is 18.9 Å². The second kappa shape index (κ2) is 7.01. The van der Waals surface area contributed by atoms with Crippen LogP contribution in [0.1, 0.15) is 18.4 Å². The van der Waals surface area contributed by atoms with Gasteiger partial charge in [0.05, 0.1) is 0 Å². The van der Waals surface area contributed by atoms with Crippen LogP contribution in [0.15, 0.2) is 48.8 Å². The minimum atomic E-state index is -0.985. The highest BCUT2D eigenvalue weighted by molar-refractivity contribution is 6.12. The fourth-order valence-electron chi connectivity index (χ4n) is 2.76. The van der Waals surface area contributed by atoms with E-state index in [0.717, 1.165) is 5.56 Å². The molecule has 2 aromatic rings. The van der Waals surface area contributed by atoms with Gasteiger partial charge in [0, 0.05) is 31.7 Å². The number of pyridine rings is 1. The number of nitrogens with one attached hydrogen (secondary N) is 1. The molecule has 0 atom stereocenters. The number of hydrogen-bond donors (Lipinski definition) is 1. The number of carbonyl (C=O) groups is 2. The quantitative estimate of drug-likeness (QED) is 0.822. The smallest absolute Gasteiger partial charge is 0.240 e. The van der Waals surface area contributed by atoms with Crippen molar-refractivity contribution in [2.24, 2.45) is 5.41 Å². The van der Waals surface area contributed by atoms with Gasteiger partial charge in [-0.1, -0.05) is 0 Å². The number of benzene rings is 1. The summed E-state index contributed by atoms with van der Waals surface area (Å²) in [4.78, 5) is 30.8. The number of rotatable bonds is 6. The first kappa shape index (κ1) is 17.1. The summed E-state index contributed by atoms with van der Waals surface area (Å²) in [5.74, 6) is -0.855. The van der Waals surface area contributed by atoms with Crippen LogP contribution in [-0.4, -0.2) is 35.3 Å². The normalized spacial score (nSPS) is 14.6. The molecule has 0 saturated heterocycles. The molecule has 1 fully saturated rings. The van der Waals surface area contributed by atoms with E-state index in [0.29, 0.717) is 31.5 Å². The van der Waals surface area contributed by atoms with Crippen molar-refractivity contribution in [1.29, 1.82) is 0 Å². The Morgan fingerprint density at radius 2 is 1.80 bits per heavy atom. The van der Waals surface area contributed by atoms with Crippen molar-refractivity contribution < 1.29 is 14.0 Å². The highest BCUT2D eigenvalue weighted by Crippen LogP contribution is 2.48. The average Bonchev–Trinajstić information content (AvgIpc) is 3.44. The number of amides is 2. The second-order valence-electron chi connectivity index (χ2n) is 6.38. The van der Waals surface area contributed by atoms with Gasteiger partial charge < -0.3 is 10.2 Å². The molecule has 0 bridgehead atoms. The summed E-state index contributed by atoms with van der Waals surface area (Å²) in [5.41, 5.74) is 0.599. The molecule has 130 valence electrons. The van der Waals surface area contributed by atoms with Crippen LogP contribution >= 0.6 is 0 Å². The maximum Gasteiger partial charge on any atom is 0.240 e. The van der Waals surface area contributed by atoms with Crippen LogP contribution in [-0.2, 0) is 16.0 Å². The second-order valence-corrected chi connectivity index (χ2v) is 6.38. The third-order valence-corrected chi connectivity index (χ3v) is 4.53. The van der Waals surface area contributed by atoms with Crippen LogP contribution in [0.25, 0.3) is 0 Å². The topological polar surface area (TPSA) is 62.3 Å². The van der Waals surface area contributed by atoms with Crippen LogP contribution in [0, 0.1) is 11.2 Å². The molecule has 6 heteroatoms. The molecule has 1 aliphatic rings. The van der Waals surface area contributed by atoms with Gasteiger partial charge in [0.1, 0.15) is 11.2 Å². The minimum Gasteiger partial charge on any atom is -0.344 e. The van der Waals surface area contributed by atoms with Crippen molar-refractivity contribution >= 4 is 17.5 Å². The maximum absolute atomic E-state index is 13.0. The first-order valence-electron chi connectivity index (χ1n) is 8.23. The zero-order valence-electron chi connectivity index (χ0n) is 14.0. The van der Waals surface area contributed by atoms with Gasteiger partial charge in [0.2, 0.25) is 11.8 Å². The van der Waals surface area contributed by atoms with Crippen molar-refractivity contribution in [3.8, 4) is 0 Å². The number of anilines is 1. The molecule has 1 heterocycles. The molecule has 1 N–H and O–H groups in total. The predicted molar refractivity (Wildman–Crippen MR) is 92.3 cm³/mol. The Morgan fingerprint density at radius 1 is 1.16 bits per heavy atom. The molecule has 0 aliphatic heterocycles. The van der Waals surface area contributed by atoms with E-state index in [-0.39, 0.29) is 17.6 Å². The lowest BCUT2D eigenvalue weighted by Crippen LogP contribution is -2.41. The largest absolute Gasteiger partial charge is 0.344 e.